The zero-order chi connectivity index (χ0) is 20.0. The van der Waals surface area contributed by atoms with Crippen LogP contribution in [0.2, 0.25) is 0 Å². The zero-order valence-corrected chi connectivity index (χ0v) is 16.5. The van der Waals surface area contributed by atoms with Crippen molar-refractivity contribution in [2.24, 2.45) is 0 Å². The number of piperazine rings is 1. The van der Waals surface area contributed by atoms with Crippen molar-refractivity contribution in [3.63, 3.8) is 0 Å². The van der Waals surface area contributed by atoms with Crippen LogP contribution in [-0.4, -0.2) is 55.5 Å². The molecule has 2 aromatic rings. The minimum absolute atomic E-state index is 0.0344. The Morgan fingerprint density at radius 1 is 0.786 bits per heavy atom. The van der Waals surface area contributed by atoms with Crippen LogP contribution in [0.3, 0.4) is 0 Å². The molecule has 1 aliphatic rings. The van der Waals surface area contributed by atoms with Gasteiger partial charge in [0.15, 0.2) is 5.78 Å². The van der Waals surface area contributed by atoms with Crippen LogP contribution in [0.25, 0.3) is 0 Å². The number of ketones is 1. The number of Topliss-reactive ketones (excluding diaryl/α,β-unsaturated/α-hetero) is 1. The number of sulfonamides is 1. The van der Waals surface area contributed by atoms with E-state index in [-0.39, 0.29) is 43.4 Å². The Bertz CT molecular complexity index is 906. The van der Waals surface area contributed by atoms with E-state index in [0.717, 1.165) is 5.56 Å². The van der Waals surface area contributed by atoms with Crippen LogP contribution in [0.5, 0.6) is 0 Å². The van der Waals surface area contributed by atoms with Crippen molar-refractivity contribution in [3.05, 3.63) is 71.8 Å². The van der Waals surface area contributed by atoms with E-state index in [0.29, 0.717) is 18.7 Å². The summed E-state index contributed by atoms with van der Waals surface area (Å²) in [6.07, 6.45) is 0.305. The third kappa shape index (κ3) is 5.27. The minimum Gasteiger partial charge on any atom is -0.340 e. The lowest BCUT2D eigenvalue weighted by Crippen LogP contribution is -2.50. The average molecular weight is 401 g/mol. The standard InChI is InChI=1S/C21H24N2O4S/c24-20(19-9-5-2-6-10-19)11-12-21(25)22-13-15-23(16-14-22)28(26,27)17-18-7-3-1-4-8-18/h1-10H,11-17H2. The molecule has 148 valence electrons. The molecule has 1 heterocycles. The Morgan fingerprint density at radius 3 is 1.96 bits per heavy atom. The zero-order valence-electron chi connectivity index (χ0n) is 15.7. The van der Waals surface area contributed by atoms with E-state index in [2.05, 4.69) is 0 Å². The van der Waals surface area contributed by atoms with Gasteiger partial charge in [0.2, 0.25) is 15.9 Å². The summed E-state index contributed by atoms with van der Waals surface area (Å²) >= 11 is 0. The Morgan fingerprint density at radius 2 is 1.36 bits per heavy atom. The molecule has 0 aromatic heterocycles. The molecule has 1 fully saturated rings. The summed E-state index contributed by atoms with van der Waals surface area (Å²) in [7, 11) is -3.41. The van der Waals surface area contributed by atoms with Crippen molar-refractivity contribution in [1.29, 1.82) is 0 Å². The van der Waals surface area contributed by atoms with Crippen LogP contribution in [0.4, 0.5) is 0 Å². The summed E-state index contributed by atoms with van der Waals surface area (Å²) in [5, 5.41) is 0. The van der Waals surface area contributed by atoms with Gasteiger partial charge in [0.25, 0.3) is 0 Å². The van der Waals surface area contributed by atoms with E-state index < -0.39 is 10.0 Å². The maximum atomic E-state index is 12.6. The number of carbonyl (C=O) groups excluding carboxylic acids is 2. The first kappa shape index (κ1) is 20.2. The van der Waals surface area contributed by atoms with E-state index >= 15 is 0 Å². The summed E-state index contributed by atoms with van der Waals surface area (Å²) in [5.74, 6) is -0.199. The largest absolute Gasteiger partial charge is 0.340 e. The number of carbonyl (C=O) groups is 2. The fraction of sp³-hybridized carbons (Fsp3) is 0.333. The molecule has 0 unspecified atom stereocenters. The second kappa shape index (κ2) is 9.12. The van der Waals surface area contributed by atoms with Crippen LogP contribution in [0, 0.1) is 0 Å². The fourth-order valence-electron chi connectivity index (χ4n) is 3.24. The maximum Gasteiger partial charge on any atom is 0.223 e. The van der Waals surface area contributed by atoms with Gasteiger partial charge in [-0.2, -0.15) is 4.31 Å². The average Bonchev–Trinajstić information content (AvgIpc) is 2.73. The Hall–Kier alpha value is -2.51. The molecule has 0 bridgehead atoms. The van der Waals surface area contributed by atoms with Gasteiger partial charge >= 0.3 is 0 Å². The molecule has 6 nitrogen and oxygen atoms in total. The molecule has 1 aliphatic heterocycles. The van der Waals surface area contributed by atoms with Crippen LogP contribution >= 0.6 is 0 Å². The summed E-state index contributed by atoms with van der Waals surface area (Å²) in [6, 6.07) is 18.0. The monoisotopic (exact) mass is 400 g/mol. The number of benzene rings is 2. The highest BCUT2D eigenvalue weighted by atomic mass is 32.2. The number of rotatable bonds is 7. The summed E-state index contributed by atoms with van der Waals surface area (Å²) in [5.41, 5.74) is 1.35. The van der Waals surface area contributed by atoms with E-state index in [9.17, 15) is 18.0 Å². The van der Waals surface area contributed by atoms with Crippen LogP contribution < -0.4 is 0 Å². The van der Waals surface area contributed by atoms with Gasteiger partial charge in [-0.3, -0.25) is 9.59 Å². The molecule has 28 heavy (non-hydrogen) atoms. The normalized spacial score (nSPS) is 15.4. The summed E-state index contributed by atoms with van der Waals surface area (Å²) in [4.78, 5) is 26.2. The molecule has 0 radical (unpaired) electrons. The number of nitrogens with zero attached hydrogens (tertiary/aromatic N) is 2. The van der Waals surface area contributed by atoms with Gasteiger partial charge in [-0.15, -0.1) is 0 Å². The van der Waals surface area contributed by atoms with E-state index in [1.807, 2.05) is 24.3 Å². The molecular formula is C21H24N2O4S. The predicted octanol–water partition coefficient (Wildman–Crippen LogP) is 2.32. The van der Waals surface area contributed by atoms with Crippen molar-refractivity contribution in [2.45, 2.75) is 18.6 Å². The molecule has 0 spiro atoms. The molecule has 1 amide bonds. The maximum absolute atomic E-state index is 12.6. The van der Waals surface area contributed by atoms with Crippen LogP contribution in [0.1, 0.15) is 28.8 Å². The molecule has 1 saturated heterocycles. The molecule has 0 N–H and O–H groups in total. The van der Waals surface area contributed by atoms with Gasteiger partial charge in [-0.25, -0.2) is 8.42 Å². The lowest BCUT2D eigenvalue weighted by atomic mass is 10.1. The highest BCUT2D eigenvalue weighted by molar-refractivity contribution is 7.88. The predicted molar refractivity (Wildman–Crippen MR) is 107 cm³/mol. The van der Waals surface area contributed by atoms with Gasteiger partial charge in [0, 0.05) is 44.6 Å². The van der Waals surface area contributed by atoms with Crippen molar-refractivity contribution in [1.82, 2.24) is 9.21 Å². The SMILES string of the molecule is O=C(CCC(=O)N1CCN(S(=O)(=O)Cc2ccccc2)CC1)c1ccccc1. The first-order valence-corrected chi connectivity index (χ1v) is 10.9. The Labute approximate surface area is 165 Å². The molecule has 3 rings (SSSR count). The lowest BCUT2D eigenvalue weighted by Gasteiger charge is -2.34. The molecular weight excluding hydrogens is 376 g/mol. The van der Waals surface area contributed by atoms with Gasteiger partial charge in [0.1, 0.15) is 0 Å². The number of hydrogen-bond acceptors (Lipinski definition) is 4. The molecule has 7 heteroatoms. The van der Waals surface area contributed by atoms with Gasteiger partial charge in [0.05, 0.1) is 5.75 Å². The highest BCUT2D eigenvalue weighted by Gasteiger charge is 2.29. The second-order valence-electron chi connectivity index (χ2n) is 6.81. The van der Waals surface area contributed by atoms with E-state index in [4.69, 9.17) is 0 Å². The Kier molecular flexibility index (Phi) is 6.59. The van der Waals surface area contributed by atoms with E-state index in [1.54, 1.807) is 41.3 Å². The molecule has 2 aromatic carbocycles. The van der Waals surface area contributed by atoms with Crippen molar-refractivity contribution >= 4 is 21.7 Å². The number of amides is 1. The quantitative estimate of drug-likeness (QED) is 0.669. The van der Waals surface area contributed by atoms with Gasteiger partial charge in [-0.05, 0) is 5.56 Å². The van der Waals surface area contributed by atoms with Crippen LogP contribution in [-0.2, 0) is 20.6 Å². The number of hydrogen-bond donors (Lipinski definition) is 0. The molecule has 0 atom stereocenters. The summed E-state index contributed by atoms with van der Waals surface area (Å²) in [6.45, 7) is 1.28. The summed E-state index contributed by atoms with van der Waals surface area (Å²) < 4.78 is 26.6. The van der Waals surface area contributed by atoms with Crippen molar-refractivity contribution < 1.29 is 18.0 Å². The first-order valence-electron chi connectivity index (χ1n) is 9.33. The van der Waals surface area contributed by atoms with Gasteiger partial charge in [-0.1, -0.05) is 60.7 Å². The Balaban J connectivity index is 1.48. The molecule has 0 aliphatic carbocycles. The van der Waals surface area contributed by atoms with E-state index in [1.165, 1.54) is 4.31 Å². The van der Waals surface area contributed by atoms with Crippen LogP contribution in [0.15, 0.2) is 60.7 Å². The van der Waals surface area contributed by atoms with Crippen molar-refractivity contribution in [2.75, 3.05) is 26.2 Å². The van der Waals surface area contributed by atoms with Gasteiger partial charge < -0.3 is 4.90 Å². The first-order chi connectivity index (χ1) is 13.5. The third-order valence-electron chi connectivity index (χ3n) is 4.84. The second-order valence-corrected chi connectivity index (χ2v) is 8.78. The minimum atomic E-state index is -3.41. The fourth-order valence-corrected chi connectivity index (χ4v) is 4.75. The lowest BCUT2D eigenvalue weighted by molar-refractivity contribution is -0.132. The smallest absolute Gasteiger partial charge is 0.223 e. The third-order valence-corrected chi connectivity index (χ3v) is 6.69. The topological polar surface area (TPSA) is 74.8 Å². The highest BCUT2D eigenvalue weighted by Crippen LogP contribution is 2.15. The molecule has 0 saturated carbocycles. The van der Waals surface area contributed by atoms with Crippen molar-refractivity contribution in [3.8, 4) is 0 Å².